The van der Waals surface area contributed by atoms with E-state index in [1.165, 1.54) is 11.1 Å². The lowest BCUT2D eigenvalue weighted by atomic mass is 9.96. The highest BCUT2D eigenvalue weighted by Gasteiger charge is 2.26. The summed E-state index contributed by atoms with van der Waals surface area (Å²) in [7, 11) is 0. The number of carbonyl (C=O) groups is 2. The molecule has 1 amide bonds. The number of benzene rings is 3. The van der Waals surface area contributed by atoms with Gasteiger partial charge >= 0.3 is 12.1 Å². The van der Waals surface area contributed by atoms with Crippen molar-refractivity contribution in [2.24, 2.45) is 5.84 Å². The molecular weight excluding hydrogens is 556 g/mol. The van der Waals surface area contributed by atoms with E-state index in [1.807, 2.05) is 31.2 Å². The van der Waals surface area contributed by atoms with E-state index in [-0.39, 0.29) is 18.2 Å². The van der Waals surface area contributed by atoms with Crippen LogP contribution in [0.4, 0.5) is 4.79 Å². The van der Waals surface area contributed by atoms with E-state index in [0.717, 1.165) is 47.3 Å². The highest BCUT2D eigenvalue weighted by atomic mass is 35.5. The van der Waals surface area contributed by atoms with Gasteiger partial charge in [-0.1, -0.05) is 60.1 Å². The lowest BCUT2D eigenvalue weighted by molar-refractivity contribution is 0.0689. The molecule has 0 aliphatic carbocycles. The maximum atomic E-state index is 12.0. The number of hydrogen-bond acceptors (Lipinski definition) is 6. The van der Waals surface area contributed by atoms with E-state index in [9.17, 15) is 14.7 Å². The SMILES string of the molecule is Cc1cc(CCCCN(N)C(=O)O)cc(C(=O)O)c1OCCN1CCN([C@H](c2ccccc2)c2ccc(Cl)cc2)CC1. The molecule has 4 rings (SSSR count). The predicted molar refractivity (Wildman–Crippen MR) is 163 cm³/mol. The van der Waals surface area contributed by atoms with Crippen LogP contribution in [0.2, 0.25) is 5.02 Å². The van der Waals surface area contributed by atoms with Crippen LogP contribution in [0.1, 0.15) is 51.5 Å². The number of carboxylic acids is 1. The van der Waals surface area contributed by atoms with E-state index in [2.05, 4.69) is 46.2 Å². The van der Waals surface area contributed by atoms with Gasteiger partial charge in [-0.25, -0.2) is 20.4 Å². The third-order valence-electron chi connectivity index (χ3n) is 7.65. The van der Waals surface area contributed by atoms with Gasteiger partial charge in [-0.2, -0.15) is 0 Å². The first-order chi connectivity index (χ1) is 20.2. The molecule has 3 aromatic rings. The zero-order chi connectivity index (χ0) is 30.1. The molecule has 0 unspecified atom stereocenters. The van der Waals surface area contributed by atoms with Gasteiger partial charge in [0.15, 0.2) is 0 Å². The Kier molecular flexibility index (Phi) is 11.2. The summed E-state index contributed by atoms with van der Waals surface area (Å²) in [6.45, 7) is 6.72. The van der Waals surface area contributed by atoms with Crippen molar-refractivity contribution in [1.29, 1.82) is 0 Å². The van der Waals surface area contributed by atoms with Gasteiger partial charge in [-0.05, 0) is 66.6 Å². The molecule has 0 aromatic heterocycles. The van der Waals surface area contributed by atoms with Crippen LogP contribution < -0.4 is 10.6 Å². The van der Waals surface area contributed by atoms with Crippen molar-refractivity contribution in [2.75, 3.05) is 45.9 Å². The van der Waals surface area contributed by atoms with Gasteiger partial charge < -0.3 is 14.9 Å². The quantitative estimate of drug-likeness (QED) is 0.105. The van der Waals surface area contributed by atoms with E-state index < -0.39 is 12.1 Å². The fourth-order valence-corrected chi connectivity index (χ4v) is 5.59. The summed E-state index contributed by atoms with van der Waals surface area (Å²) in [5.41, 5.74) is 4.26. The summed E-state index contributed by atoms with van der Waals surface area (Å²) in [5, 5.41) is 20.2. The number of nitrogens with zero attached hydrogens (tertiary/aromatic N) is 3. The van der Waals surface area contributed by atoms with Crippen molar-refractivity contribution >= 4 is 23.7 Å². The minimum atomic E-state index is -1.17. The molecule has 1 atom stereocenters. The van der Waals surface area contributed by atoms with E-state index in [4.69, 9.17) is 27.3 Å². The highest BCUT2D eigenvalue weighted by Crippen LogP contribution is 2.31. The van der Waals surface area contributed by atoms with Crippen LogP contribution in [0, 0.1) is 6.92 Å². The maximum absolute atomic E-state index is 12.0. The molecule has 1 saturated heterocycles. The van der Waals surface area contributed by atoms with Crippen molar-refractivity contribution in [3.63, 3.8) is 0 Å². The lowest BCUT2D eigenvalue weighted by Gasteiger charge is -2.39. The third-order valence-corrected chi connectivity index (χ3v) is 7.90. The molecule has 3 aromatic carbocycles. The Morgan fingerprint density at radius 2 is 1.64 bits per heavy atom. The second-order valence-corrected chi connectivity index (χ2v) is 11.1. The number of carboxylic acid groups (broad SMARTS) is 2. The van der Waals surface area contributed by atoms with E-state index >= 15 is 0 Å². The van der Waals surface area contributed by atoms with Crippen LogP contribution in [0.5, 0.6) is 5.75 Å². The molecule has 0 spiro atoms. The van der Waals surface area contributed by atoms with Gasteiger partial charge in [0, 0.05) is 44.3 Å². The molecule has 1 heterocycles. The average molecular weight is 595 g/mol. The van der Waals surface area contributed by atoms with Gasteiger partial charge in [0.2, 0.25) is 0 Å². The Balaban J connectivity index is 1.31. The Hall–Kier alpha value is -3.63. The van der Waals surface area contributed by atoms with Gasteiger partial charge in [0.25, 0.3) is 0 Å². The number of aromatic carboxylic acids is 1. The first-order valence-electron chi connectivity index (χ1n) is 14.2. The summed E-state index contributed by atoms with van der Waals surface area (Å²) in [4.78, 5) is 27.7. The Bertz CT molecular complexity index is 1330. The fourth-order valence-electron chi connectivity index (χ4n) is 5.47. The van der Waals surface area contributed by atoms with Crippen LogP contribution in [0.3, 0.4) is 0 Å². The van der Waals surface area contributed by atoms with Crippen LogP contribution in [-0.2, 0) is 6.42 Å². The molecule has 4 N–H and O–H groups in total. The van der Waals surface area contributed by atoms with Crippen LogP contribution in [0.15, 0.2) is 66.7 Å². The van der Waals surface area contributed by atoms with Gasteiger partial charge in [-0.15, -0.1) is 0 Å². The van der Waals surface area contributed by atoms with Crippen molar-refractivity contribution in [2.45, 2.75) is 32.2 Å². The van der Waals surface area contributed by atoms with E-state index in [1.54, 1.807) is 6.07 Å². The molecule has 1 fully saturated rings. The second-order valence-electron chi connectivity index (χ2n) is 10.6. The molecule has 1 aliphatic heterocycles. The number of aryl methyl sites for hydroxylation is 2. The number of nitrogens with two attached hydrogens (primary N) is 1. The Morgan fingerprint density at radius 3 is 2.29 bits per heavy atom. The molecule has 224 valence electrons. The topological polar surface area (TPSA) is 120 Å². The number of piperazine rings is 1. The van der Waals surface area contributed by atoms with Gasteiger partial charge in [-0.3, -0.25) is 9.80 Å². The van der Waals surface area contributed by atoms with Crippen molar-refractivity contribution in [3.8, 4) is 5.75 Å². The summed E-state index contributed by atoms with van der Waals surface area (Å²) in [5.74, 6) is 4.77. The molecular formula is C32H39ClN4O5. The van der Waals surface area contributed by atoms with Crippen LogP contribution in [-0.4, -0.2) is 83.0 Å². The molecule has 0 saturated carbocycles. The zero-order valence-electron chi connectivity index (χ0n) is 23.9. The molecule has 42 heavy (non-hydrogen) atoms. The molecule has 1 aliphatic rings. The molecule has 10 heteroatoms. The number of hydrazine groups is 1. The fraction of sp³-hybridized carbons (Fsp3) is 0.375. The van der Waals surface area contributed by atoms with Gasteiger partial charge in [0.05, 0.1) is 6.04 Å². The minimum Gasteiger partial charge on any atom is -0.491 e. The Labute approximate surface area is 252 Å². The maximum Gasteiger partial charge on any atom is 0.421 e. The molecule has 0 radical (unpaired) electrons. The number of halogens is 1. The smallest absolute Gasteiger partial charge is 0.421 e. The first-order valence-corrected chi connectivity index (χ1v) is 14.6. The largest absolute Gasteiger partial charge is 0.491 e. The zero-order valence-corrected chi connectivity index (χ0v) is 24.7. The monoisotopic (exact) mass is 594 g/mol. The van der Waals surface area contributed by atoms with Gasteiger partial charge in [0.1, 0.15) is 17.9 Å². The Morgan fingerprint density at radius 1 is 0.976 bits per heavy atom. The number of ether oxygens (including phenoxy) is 1. The highest BCUT2D eigenvalue weighted by molar-refractivity contribution is 6.30. The molecule has 9 nitrogen and oxygen atoms in total. The number of unbranched alkanes of at least 4 members (excludes halogenated alkanes) is 1. The number of amides is 1. The second kappa shape index (κ2) is 15.0. The third kappa shape index (κ3) is 8.45. The molecule has 0 bridgehead atoms. The lowest BCUT2D eigenvalue weighted by Crippen LogP contribution is -2.48. The summed E-state index contributed by atoms with van der Waals surface area (Å²) in [6, 6.07) is 22.3. The number of rotatable bonds is 13. The predicted octanol–water partition coefficient (Wildman–Crippen LogP) is 5.31. The standard InChI is InChI=1S/C32H39ClN4O5/c1-23-21-24(7-5-6-14-37(34)32(40)41)22-28(31(38)39)30(23)42-20-19-35-15-17-36(18-16-35)29(25-8-3-2-4-9-25)26-10-12-27(33)13-11-26/h2-4,8-13,21-22,29H,5-7,14-20,34H2,1H3,(H,38,39)(H,40,41)/t29-/m1/s1. The first kappa shape index (κ1) is 31.3. The number of hydrogen-bond donors (Lipinski definition) is 3. The summed E-state index contributed by atoms with van der Waals surface area (Å²) >= 11 is 6.16. The van der Waals surface area contributed by atoms with Crippen LogP contribution >= 0.6 is 11.6 Å². The van der Waals surface area contributed by atoms with Crippen molar-refractivity contribution in [3.05, 3.63) is 99.6 Å². The summed E-state index contributed by atoms with van der Waals surface area (Å²) in [6.07, 6.45) is 0.729. The van der Waals surface area contributed by atoms with Crippen molar-refractivity contribution in [1.82, 2.24) is 14.8 Å². The van der Waals surface area contributed by atoms with Crippen LogP contribution in [0.25, 0.3) is 0 Å². The normalized spacial score (nSPS) is 14.8. The minimum absolute atomic E-state index is 0.146. The van der Waals surface area contributed by atoms with Crippen molar-refractivity contribution < 1.29 is 24.5 Å². The van der Waals surface area contributed by atoms with E-state index in [0.29, 0.717) is 38.2 Å². The summed E-state index contributed by atoms with van der Waals surface area (Å²) < 4.78 is 6.06. The average Bonchev–Trinajstić information content (AvgIpc) is 2.98.